The zero-order valence-electron chi connectivity index (χ0n) is 13.6. The van der Waals surface area contributed by atoms with Crippen molar-refractivity contribution in [3.8, 4) is 0 Å². The van der Waals surface area contributed by atoms with Crippen molar-refractivity contribution in [3.05, 3.63) is 87.2 Å². The van der Waals surface area contributed by atoms with Crippen molar-refractivity contribution in [2.75, 3.05) is 0 Å². The predicted octanol–water partition coefficient (Wildman–Crippen LogP) is 4.93. The molecule has 0 radical (unpaired) electrons. The molecular formula is C19H15BrClNO3S. The average molecular weight is 453 g/mol. The maximum atomic E-state index is 12.4. The summed E-state index contributed by atoms with van der Waals surface area (Å²) in [6.07, 6.45) is 0. The van der Waals surface area contributed by atoms with Gasteiger partial charge in [-0.1, -0.05) is 39.7 Å². The molecule has 1 N–H and O–H groups in total. The molecule has 0 aliphatic rings. The molecule has 0 saturated heterocycles. The van der Waals surface area contributed by atoms with Gasteiger partial charge in [0.15, 0.2) is 5.76 Å². The third-order valence-corrected chi connectivity index (χ3v) is 5.69. The van der Waals surface area contributed by atoms with Gasteiger partial charge in [0.2, 0.25) is 0 Å². The summed E-state index contributed by atoms with van der Waals surface area (Å²) >= 11 is 9.27. The molecule has 1 amide bonds. The van der Waals surface area contributed by atoms with Gasteiger partial charge in [0.1, 0.15) is 5.76 Å². The van der Waals surface area contributed by atoms with Crippen molar-refractivity contribution in [2.45, 2.75) is 17.2 Å². The molecule has 0 spiro atoms. The monoisotopic (exact) mass is 451 g/mol. The minimum atomic E-state index is -1.24. The lowest BCUT2D eigenvalue weighted by molar-refractivity contribution is 0.0921. The number of halogens is 2. The molecule has 1 unspecified atom stereocenters. The number of amides is 1. The first-order valence-electron chi connectivity index (χ1n) is 7.76. The van der Waals surface area contributed by atoms with E-state index in [0.29, 0.717) is 22.2 Å². The first kappa shape index (κ1) is 18.9. The summed E-state index contributed by atoms with van der Waals surface area (Å²) < 4.78 is 18.8. The van der Waals surface area contributed by atoms with Crippen LogP contribution in [0.3, 0.4) is 0 Å². The highest BCUT2D eigenvalue weighted by molar-refractivity contribution is 9.10. The van der Waals surface area contributed by atoms with E-state index in [1.54, 1.807) is 36.4 Å². The molecule has 1 aromatic heterocycles. The van der Waals surface area contributed by atoms with Crippen LogP contribution in [0.15, 0.2) is 74.4 Å². The highest BCUT2D eigenvalue weighted by atomic mass is 79.9. The van der Waals surface area contributed by atoms with Crippen LogP contribution in [0.4, 0.5) is 0 Å². The fourth-order valence-electron chi connectivity index (χ4n) is 2.29. The lowest BCUT2D eigenvalue weighted by Crippen LogP contribution is -2.22. The normalized spacial score (nSPS) is 11.9. The Kier molecular flexibility index (Phi) is 6.29. The molecule has 26 heavy (non-hydrogen) atoms. The molecule has 3 rings (SSSR count). The van der Waals surface area contributed by atoms with Gasteiger partial charge in [-0.15, -0.1) is 0 Å². The van der Waals surface area contributed by atoms with Gasteiger partial charge in [-0.25, -0.2) is 0 Å². The summed E-state index contributed by atoms with van der Waals surface area (Å²) in [5.41, 5.74) is 0.897. The number of carbonyl (C=O) groups excluding carboxylic acids is 1. The fourth-order valence-corrected chi connectivity index (χ4v) is 3.79. The highest BCUT2D eigenvalue weighted by Gasteiger charge is 2.13. The Bertz CT molecular complexity index is 940. The molecule has 0 aliphatic carbocycles. The van der Waals surface area contributed by atoms with Crippen molar-refractivity contribution >= 4 is 44.2 Å². The number of benzene rings is 2. The largest absolute Gasteiger partial charge is 0.455 e. The van der Waals surface area contributed by atoms with Gasteiger partial charge < -0.3 is 9.73 Å². The Morgan fingerprint density at radius 2 is 1.88 bits per heavy atom. The Morgan fingerprint density at radius 3 is 2.62 bits per heavy atom. The Balaban J connectivity index is 1.59. The summed E-state index contributed by atoms with van der Waals surface area (Å²) in [7, 11) is -1.24. The quantitative estimate of drug-likeness (QED) is 0.577. The number of hydrogen-bond donors (Lipinski definition) is 1. The lowest BCUT2D eigenvalue weighted by atomic mass is 10.2. The zero-order chi connectivity index (χ0) is 18.5. The van der Waals surface area contributed by atoms with E-state index in [0.717, 1.165) is 10.0 Å². The van der Waals surface area contributed by atoms with Gasteiger partial charge in [0, 0.05) is 20.9 Å². The van der Waals surface area contributed by atoms with E-state index < -0.39 is 10.8 Å². The molecule has 2 aromatic carbocycles. The van der Waals surface area contributed by atoms with Crippen LogP contribution < -0.4 is 5.32 Å². The number of hydrogen-bond acceptors (Lipinski definition) is 3. The molecule has 0 bridgehead atoms. The third kappa shape index (κ3) is 5.06. The van der Waals surface area contributed by atoms with Gasteiger partial charge in [-0.2, -0.15) is 0 Å². The van der Waals surface area contributed by atoms with E-state index in [2.05, 4.69) is 21.2 Å². The second-order valence-electron chi connectivity index (χ2n) is 5.52. The Hall–Kier alpha value is -1.89. The van der Waals surface area contributed by atoms with Gasteiger partial charge in [0.05, 0.1) is 16.6 Å². The van der Waals surface area contributed by atoms with E-state index in [4.69, 9.17) is 16.0 Å². The second kappa shape index (κ2) is 8.66. The summed E-state index contributed by atoms with van der Waals surface area (Å²) in [4.78, 5) is 12.9. The molecule has 4 nitrogen and oxygen atoms in total. The molecular weight excluding hydrogens is 438 g/mol. The van der Waals surface area contributed by atoms with E-state index in [-0.39, 0.29) is 17.4 Å². The molecule has 1 heterocycles. The fraction of sp³-hybridized carbons (Fsp3) is 0.105. The smallest absolute Gasteiger partial charge is 0.287 e. The van der Waals surface area contributed by atoms with E-state index in [9.17, 15) is 9.00 Å². The van der Waals surface area contributed by atoms with E-state index in [1.165, 1.54) is 0 Å². The molecule has 1 atom stereocenters. The number of carbonyl (C=O) groups is 1. The maximum Gasteiger partial charge on any atom is 0.287 e. The van der Waals surface area contributed by atoms with E-state index in [1.807, 2.05) is 24.3 Å². The van der Waals surface area contributed by atoms with Crippen molar-refractivity contribution in [1.82, 2.24) is 5.32 Å². The van der Waals surface area contributed by atoms with Crippen molar-refractivity contribution in [3.63, 3.8) is 0 Å². The summed E-state index contributed by atoms with van der Waals surface area (Å²) in [5, 5.41) is 3.39. The molecule has 134 valence electrons. The van der Waals surface area contributed by atoms with Crippen LogP contribution in [0.2, 0.25) is 5.02 Å². The third-order valence-electron chi connectivity index (χ3n) is 3.58. The van der Waals surface area contributed by atoms with Gasteiger partial charge in [0.25, 0.3) is 5.91 Å². The first-order valence-corrected chi connectivity index (χ1v) is 10.3. The summed E-state index contributed by atoms with van der Waals surface area (Å²) in [6.45, 7) is 0.347. The molecule has 3 aromatic rings. The summed E-state index contributed by atoms with van der Waals surface area (Å²) in [6, 6.07) is 17.8. The van der Waals surface area contributed by atoms with Gasteiger partial charge in [-0.05, 0) is 54.1 Å². The van der Waals surface area contributed by atoms with Gasteiger partial charge in [-0.3, -0.25) is 9.00 Å². The summed E-state index contributed by atoms with van der Waals surface area (Å²) in [5.74, 6) is 0.572. The van der Waals surface area contributed by atoms with Crippen molar-refractivity contribution < 1.29 is 13.4 Å². The van der Waals surface area contributed by atoms with Crippen LogP contribution in [0.1, 0.15) is 21.9 Å². The Morgan fingerprint density at radius 1 is 1.12 bits per heavy atom. The standard InChI is InChI=1S/C19H15BrClNO3S/c20-14-4-7-17(8-5-14)26(24)12-16-6-9-18(25-16)19(23)22-11-13-2-1-3-15(21)10-13/h1-10H,11-12H2,(H,22,23). The first-order chi connectivity index (χ1) is 12.5. The highest BCUT2D eigenvalue weighted by Crippen LogP contribution is 2.18. The van der Waals surface area contributed by atoms with Crippen LogP contribution in [0.25, 0.3) is 0 Å². The number of rotatable bonds is 6. The average Bonchev–Trinajstić information content (AvgIpc) is 3.09. The lowest BCUT2D eigenvalue weighted by Gasteiger charge is -2.04. The SMILES string of the molecule is O=C(NCc1cccc(Cl)c1)c1ccc(CS(=O)c2ccc(Br)cc2)o1. The minimum absolute atomic E-state index is 0.190. The van der Waals surface area contributed by atoms with E-state index >= 15 is 0 Å². The van der Waals surface area contributed by atoms with Crippen LogP contribution in [-0.4, -0.2) is 10.1 Å². The molecule has 0 fully saturated rings. The number of nitrogens with one attached hydrogen (secondary N) is 1. The zero-order valence-corrected chi connectivity index (χ0v) is 16.7. The van der Waals surface area contributed by atoms with Crippen LogP contribution in [-0.2, 0) is 23.1 Å². The van der Waals surface area contributed by atoms with Crippen molar-refractivity contribution in [2.24, 2.45) is 0 Å². The maximum absolute atomic E-state index is 12.4. The minimum Gasteiger partial charge on any atom is -0.455 e. The molecule has 0 saturated carbocycles. The number of furan rings is 1. The molecule has 0 aliphatic heterocycles. The second-order valence-corrected chi connectivity index (χ2v) is 8.33. The van der Waals surface area contributed by atoms with Crippen LogP contribution >= 0.6 is 27.5 Å². The topological polar surface area (TPSA) is 59.3 Å². The Labute approximate surface area is 167 Å². The molecule has 7 heteroatoms. The van der Waals surface area contributed by atoms with Crippen molar-refractivity contribution in [1.29, 1.82) is 0 Å². The predicted molar refractivity (Wildman–Crippen MR) is 106 cm³/mol. The van der Waals surface area contributed by atoms with Gasteiger partial charge >= 0.3 is 0 Å². The van der Waals surface area contributed by atoms with Crippen LogP contribution in [0, 0.1) is 0 Å². The van der Waals surface area contributed by atoms with Crippen LogP contribution in [0.5, 0.6) is 0 Å².